The molecule has 108 valence electrons. The normalized spacial score (nSPS) is 14.0. The van der Waals surface area contributed by atoms with Gasteiger partial charge in [0.1, 0.15) is 5.69 Å². The second kappa shape index (κ2) is 5.49. The minimum atomic E-state index is -0.896. The number of fused-ring (bicyclic) bond motifs is 1. The van der Waals surface area contributed by atoms with Gasteiger partial charge in [-0.1, -0.05) is 6.07 Å². The van der Waals surface area contributed by atoms with Crippen molar-refractivity contribution in [3.63, 3.8) is 0 Å². The summed E-state index contributed by atoms with van der Waals surface area (Å²) < 4.78 is 5.21. The van der Waals surface area contributed by atoms with E-state index < -0.39 is 5.97 Å². The molecule has 1 aliphatic rings. The average molecular weight is 285 g/mol. The van der Waals surface area contributed by atoms with Crippen molar-refractivity contribution >= 4 is 5.97 Å². The van der Waals surface area contributed by atoms with Gasteiger partial charge in [0.05, 0.1) is 12.7 Å². The molecule has 1 N–H and O–H groups in total. The molecule has 1 aromatic carbocycles. The van der Waals surface area contributed by atoms with Crippen LogP contribution in [-0.2, 0) is 19.6 Å². The highest BCUT2D eigenvalue weighted by Gasteiger charge is 2.22. The molecular weight excluding hydrogens is 270 g/mol. The Morgan fingerprint density at radius 1 is 1.29 bits per heavy atom. The van der Waals surface area contributed by atoms with Crippen LogP contribution in [-0.4, -0.2) is 33.1 Å². The number of methoxy groups -OCH3 is 1. The van der Waals surface area contributed by atoms with Crippen molar-refractivity contribution in [3.05, 3.63) is 53.0 Å². The third-order valence-electron chi connectivity index (χ3n) is 3.54. The maximum absolute atomic E-state index is 11.0. The van der Waals surface area contributed by atoms with Crippen LogP contribution in [0.25, 0.3) is 0 Å². The van der Waals surface area contributed by atoms with Gasteiger partial charge < -0.3 is 9.84 Å². The molecule has 0 saturated heterocycles. The Kier molecular flexibility index (Phi) is 3.53. The van der Waals surface area contributed by atoms with Crippen molar-refractivity contribution in [2.45, 2.75) is 19.6 Å². The van der Waals surface area contributed by atoms with E-state index in [9.17, 15) is 4.79 Å². The topological polar surface area (TPSA) is 75.6 Å². The molecule has 6 nitrogen and oxygen atoms in total. The smallest absolute Gasteiger partial charge is 0.335 e. The Labute approximate surface area is 122 Å². The largest absolute Gasteiger partial charge is 0.480 e. The lowest BCUT2D eigenvalue weighted by Crippen LogP contribution is -2.17. The molecule has 0 amide bonds. The monoisotopic (exact) mass is 285 g/mol. The van der Waals surface area contributed by atoms with Gasteiger partial charge in [0.25, 0.3) is 0 Å². The van der Waals surface area contributed by atoms with Crippen LogP contribution >= 0.6 is 0 Å². The number of carbonyl (C=O) groups is 1. The maximum atomic E-state index is 11.0. The van der Waals surface area contributed by atoms with E-state index in [0.29, 0.717) is 24.5 Å². The number of ether oxygens (including phenoxy) is 1. The summed E-state index contributed by atoms with van der Waals surface area (Å²) in [7, 11) is 1.57. The van der Waals surface area contributed by atoms with Gasteiger partial charge in [-0.25, -0.2) is 9.78 Å². The summed E-state index contributed by atoms with van der Waals surface area (Å²) in [5.74, 6) is -0.369. The lowest BCUT2D eigenvalue weighted by atomic mass is 10.1. The van der Waals surface area contributed by atoms with Crippen LogP contribution in [0, 0.1) is 0 Å². The minimum Gasteiger partial charge on any atom is -0.480 e. The molecule has 0 bridgehead atoms. The van der Waals surface area contributed by atoms with Crippen LogP contribution in [0.5, 0.6) is 5.88 Å². The van der Waals surface area contributed by atoms with Crippen LogP contribution in [0.1, 0.15) is 27.2 Å². The molecule has 0 unspecified atom stereocenters. The van der Waals surface area contributed by atoms with Crippen molar-refractivity contribution in [2.75, 3.05) is 7.11 Å². The molecule has 1 aliphatic heterocycles. The first-order valence-corrected chi connectivity index (χ1v) is 6.58. The summed E-state index contributed by atoms with van der Waals surface area (Å²) in [4.78, 5) is 21.6. The molecule has 0 aliphatic carbocycles. The SMILES string of the molecule is COc1nccnc1CN1Cc2ccc(C(=O)O)cc2C1. The predicted octanol–water partition coefficient (Wildman–Crippen LogP) is 1.70. The number of hydrogen-bond acceptors (Lipinski definition) is 5. The van der Waals surface area contributed by atoms with E-state index in [1.165, 1.54) is 0 Å². The van der Waals surface area contributed by atoms with Gasteiger partial charge in [-0.05, 0) is 23.3 Å². The van der Waals surface area contributed by atoms with Crippen molar-refractivity contribution in [2.24, 2.45) is 0 Å². The highest BCUT2D eigenvalue weighted by atomic mass is 16.5. The number of aromatic nitrogens is 2. The summed E-state index contributed by atoms with van der Waals surface area (Å²) in [6.45, 7) is 2.10. The molecule has 0 radical (unpaired) electrons. The quantitative estimate of drug-likeness (QED) is 0.921. The first-order valence-electron chi connectivity index (χ1n) is 6.58. The fourth-order valence-electron chi connectivity index (χ4n) is 2.55. The Hall–Kier alpha value is -2.47. The molecule has 0 atom stereocenters. The molecule has 3 rings (SSSR count). The first-order chi connectivity index (χ1) is 10.2. The molecule has 0 fully saturated rings. The summed E-state index contributed by atoms with van der Waals surface area (Å²) >= 11 is 0. The number of aromatic carboxylic acids is 1. The summed E-state index contributed by atoms with van der Waals surface area (Å²) in [5.41, 5.74) is 3.32. The molecule has 1 aromatic heterocycles. The molecule has 0 spiro atoms. The van der Waals surface area contributed by atoms with Crippen LogP contribution < -0.4 is 4.74 Å². The van der Waals surface area contributed by atoms with Crippen molar-refractivity contribution < 1.29 is 14.6 Å². The average Bonchev–Trinajstić information content (AvgIpc) is 2.89. The van der Waals surface area contributed by atoms with Gasteiger partial charge in [0.2, 0.25) is 5.88 Å². The molecule has 2 aromatic rings. The van der Waals surface area contributed by atoms with E-state index >= 15 is 0 Å². The second-order valence-electron chi connectivity index (χ2n) is 4.95. The Morgan fingerprint density at radius 2 is 2.05 bits per heavy atom. The highest BCUT2D eigenvalue weighted by Crippen LogP contribution is 2.26. The zero-order valence-corrected chi connectivity index (χ0v) is 11.6. The molecule has 2 heterocycles. The van der Waals surface area contributed by atoms with E-state index in [1.807, 2.05) is 6.07 Å². The van der Waals surface area contributed by atoms with Crippen LogP contribution in [0.2, 0.25) is 0 Å². The van der Waals surface area contributed by atoms with Crippen molar-refractivity contribution in [1.82, 2.24) is 14.9 Å². The molecular formula is C15H15N3O3. The summed E-state index contributed by atoms with van der Waals surface area (Å²) in [6, 6.07) is 5.27. The second-order valence-corrected chi connectivity index (χ2v) is 4.95. The fraction of sp³-hybridized carbons (Fsp3) is 0.267. The Balaban J connectivity index is 1.77. The molecule has 0 saturated carbocycles. The predicted molar refractivity (Wildman–Crippen MR) is 74.9 cm³/mol. The van der Waals surface area contributed by atoms with E-state index in [2.05, 4.69) is 14.9 Å². The Morgan fingerprint density at radius 3 is 2.81 bits per heavy atom. The maximum Gasteiger partial charge on any atom is 0.335 e. The number of benzene rings is 1. The fourth-order valence-corrected chi connectivity index (χ4v) is 2.55. The van der Waals surface area contributed by atoms with Gasteiger partial charge in [-0.2, -0.15) is 0 Å². The first kappa shape index (κ1) is 13.5. The number of carboxylic acid groups (broad SMARTS) is 1. The van der Waals surface area contributed by atoms with E-state index in [0.717, 1.165) is 23.4 Å². The summed E-state index contributed by atoms with van der Waals surface area (Å²) in [6.07, 6.45) is 3.24. The zero-order valence-electron chi connectivity index (χ0n) is 11.6. The van der Waals surface area contributed by atoms with Gasteiger partial charge in [-0.3, -0.25) is 9.88 Å². The highest BCUT2D eigenvalue weighted by molar-refractivity contribution is 5.87. The van der Waals surface area contributed by atoms with Gasteiger partial charge in [0.15, 0.2) is 0 Å². The Bertz CT molecular complexity index is 688. The zero-order chi connectivity index (χ0) is 14.8. The number of hydrogen-bond donors (Lipinski definition) is 1. The lowest BCUT2D eigenvalue weighted by Gasteiger charge is -2.15. The van der Waals surface area contributed by atoms with Gasteiger partial charge in [-0.15, -0.1) is 0 Å². The van der Waals surface area contributed by atoms with E-state index in [4.69, 9.17) is 9.84 Å². The van der Waals surface area contributed by atoms with Crippen LogP contribution in [0.3, 0.4) is 0 Å². The van der Waals surface area contributed by atoms with E-state index in [1.54, 1.807) is 31.6 Å². The molecule has 21 heavy (non-hydrogen) atoms. The standard InChI is InChI=1S/C15H15N3O3/c1-21-14-13(16-4-5-17-14)9-18-7-11-3-2-10(15(19)20)6-12(11)8-18/h2-6H,7-9H2,1H3,(H,19,20). The number of nitrogens with zero attached hydrogens (tertiary/aromatic N) is 3. The van der Waals surface area contributed by atoms with Gasteiger partial charge >= 0.3 is 5.97 Å². The third-order valence-corrected chi connectivity index (χ3v) is 3.54. The minimum absolute atomic E-state index is 0.327. The number of carboxylic acids is 1. The molecule has 6 heteroatoms. The van der Waals surface area contributed by atoms with Crippen LogP contribution in [0.15, 0.2) is 30.6 Å². The summed E-state index contributed by atoms with van der Waals surface area (Å²) in [5, 5.41) is 9.04. The number of rotatable bonds is 4. The van der Waals surface area contributed by atoms with E-state index in [-0.39, 0.29) is 0 Å². The van der Waals surface area contributed by atoms with Crippen molar-refractivity contribution in [1.29, 1.82) is 0 Å². The van der Waals surface area contributed by atoms with Crippen LogP contribution in [0.4, 0.5) is 0 Å². The third kappa shape index (κ3) is 2.71. The lowest BCUT2D eigenvalue weighted by molar-refractivity contribution is 0.0696. The van der Waals surface area contributed by atoms with Gasteiger partial charge in [0, 0.05) is 32.0 Å². The van der Waals surface area contributed by atoms with Crippen molar-refractivity contribution in [3.8, 4) is 5.88 Å².